The molecule has 26 heavy (non-hydrogen) atoms. The molecule has 0 spiro atoms. The molecule has 1 saturated heterocycles. The first-order chi connectivity index (χ1) is 12.5. The lowest BCUT2D eigenvalue weighted by molar-refractivity contribution is -0.116. The summed E-state index contributed by atoms with van der Waals surface area (Å²) in [6.07, 6.45) is 1.62. The lowest BCUT2D eigenvalue weighted by atomic mass is 10.1. The van der Waals surface area contributed by atoms with Gasteiger partial charge in [0.15, 0.2) is 0 Å². The molecule has 0 radical (unpaired) electrons. The van der Waals surface area contributed by atoms with Crippen molar-refractivity contribution in [3.63, 3.8) is 0 Å². The Morgan fingerprint density at radius 3 is 2.62 bits per heavy atom. The first-order valence-electron chi connectivity index (χ1n) is 8.51. The molecule has 0 saturated carbocycles. The second-order valence-electron chi connectivity index (χ2n) is 6.19. The summed E-state index contributed by atoms with van der Waals surface area (Å²) < 4.78 is 30.5. The van der Waals surface area contributed by atoms with Crippen molar-refractivity contribution in [2.45, 2.75) is 19.3 Å². The van der Waals surface area contributed by atoms with Gasteiger partial charge in [0.2, 0.25) is 15.9 Å². The summed E-state index contributed by atoms with van der Waals surface area (Å²) in [4.78, 5) is 12.1. The molecule has 1 aliphatic rings. The van der Waals surface area contributed by atoms with Gasteiger partial charge in [0.25, 0.3) is 0 Å². The van der Waals surface area contributed by atoms with Crippen molar-refractivity contribution in [1.82, 2.24) is 0 Å². The van der Waals surface area contributed by atoms with Crippen LogP contribution >= 0.6 is 0 Å². The van der Waals surface area contributed by atoms with Crippen molar-refractivity contribution in [1.29, 1.82) is 0 Å². The standard InChI is InChI=1S/C19H22N2O4S/c1-25-18-5-2-4-15(14-18)6-11-19(22)20-16-7-9-17(10-8-16)21-12-3-13-26(21,23)24/h2,4-5,7-10,14H,3,6,11-13H2,1H3,(H,20,22). The third-order valence-electron chi connectivity index (χ3n) is 4.31. The maximum Gasteiger partial charge on any atom is 0.235 e. The van der Waals surface area contributed by atoms with E-state index in [0.29, 0.717) is 37.2 Å². The highest BCUT2D eigenvalue weighted by Gasteiger charge is 2.28. The quantitative estimate of drug-likeness (QED) is 0.844. The molecule has 3 rings (SSSR count). The molecule has 0 bridgehead atoms. The summed E-state index contributed by atoms with van der Waals surface area (Å²) in [5.74, 6) is 0.875. The number of anilines is 2. The number of rotatable bonds is 6. The van der Waals surface area contributed by atoms with Crippen molar-refractivity contribution in [2.75, 3.05) is 29.0 Å². The van der Waals surface area contributed by atoms with Gasteiger partial charge in [0.05, 0.1) is 18.6 Å². The molecule has 1 aliphatic heterocycles. The summed E-state index contributed by atoms with van der Waals surface area (Å²) in [5.41, 5.74) is 2.33. The lowest BCUT2D eigenvalue weighted by Gasteiger charge is -2.17. The van der Waals surface area contributed by atoms with E-state index < -0.39 is 10.0 Å². The maximum atomic E-state index is 12.1. The Morgan fingerprint density at radius 1 is 1.19 bits per heavy atom. The van der Waals surface area contributed by atoms with Gasteiger partial charge >= 0.3 is 0 Å². The van der Waals surface area contributed by atoms with Crippen LogP contribution in [0, 0.1) is 0 Å². The van der Waals surface area contributed by atoms with E-state index in [1.165, 1.54) is 4.31 Å². The fourth-order valence-electron chi connectivity index (χ4n) is 2.95. The number of carbonyl (C=O) groups excluding carboxylic acids is 1. The fraction of sp³-hybridized carbons (Fsp3) is 0.316. The molecule has 2 aromatic rings. The molecule has 1 heterocycles. The molecule has 0 aromatic heterocycles. The van der Waals surface area contributed by atoms with Crippen molar-refractivity contribution >= 4 is 27.3 Å². The molecule has 1 amide bonds. The average Bonchev–Trinajstić information content (AvgIpc) is 3.00. The van der Waals surface area contributed by atoms with Crippen LogP contribution < -0.4 is 14.4 Å². The third-order valence-corrected chi connectivity index (χ3v) is 6.18. The number of nitrogens with one attached hydrogen (secondary N) is 1. The van der Waals surface area contributed by atoms with Crippen LogP contribution in [-0.2, 0) is 21.2 Å². The molecular weight excluding hydrogens is 352 g/mol. The van der Waals surface area contributed by atoms with E-state index in [1.807, 2.05) is 24.3 Å². The number of ether oxygens (including phenoxy) is 1. The minimum atomic E-state index is -3.19. The monoisotopic (exact) mass is 374 g/mol. The smallest absolute Gasteiger partial charge is 0.235 e. The molecule has 138 valence electrons. The van der Waals surface area contributed by atoms with E-state index in [-0.39, 0.29) is 11.7 Å². The average molecular weight is 374 g/mol. The Kier molecular flexibility index (Phi) is 5.46. The highest BCUT2D eigenvalue weighted by atomic mass is 32.2. The topological polar surface area (TPSA) is 75.7 Å². The Labute approximate surface area is 153 Å². The van der Waals surface area contributed by atoms with E-state index >= 15 is 0 Å². The van der Waals surface area contributed by atoms with Crippen LogP contribution in [0.1, 0.15) is 18.4 Å². The zero-order valence-corrected chi connectivity index (χ0v) is 15.5. The SMILES string of the molecule is COc1cccc(CCC(=O)Nc2ccc(N3CCCS3(=O)=O)cc2)c1. The Bertz CT molecular complexity index is 879. The van der Waals surface area contributed by atoms with Gasteiger partial charge in [-0.1, -0.05) is 12.1 Å². The maximum absolute atomic E-state index is 12.1. The molecule has 0 unspecified atom stereocenters. The van der Waals surface area contributed by atoms with Crippen LogP contribution in [-0.4, -0.2) is 33.7 Å². The van der Waals surface area contributed by atoms with Gasteiger partial charge in [-0.15, -0.1) is 0 Å². The number of methoxy groups -OCH3 is 1. The molecular formula is C19H22N2O4S. The van der Waals surface area contributed by atoms with Gasteiger partial charge in [0.1, 0.15) is 5.75 Å². The molecule has 7 heteroatoms. The first kappa shape index (κ1) is 18.3. The van der Waals surface area contributed by atoms with Gasteiger partial charge in [0, 0.05) is 18.7 Å². The van der Waals surface area contributed by atoms with E-state index in [2.05, 4.69) is 5.32 Å². The zero-order valence-electron chi connectivity index (χ0n) is 14.6. The predicted molar refractivity (Wildman–Crippen MR) is 102 cm³/mol. The Hall–Kier alpha value is -2.54. The molecule has 2 aromatic carbocycles. The molecule has 1 fully saturated rings. The van der Waals surface area contributed by atoms with Crippen molar-refractivity contribution in [2.24, 2.45) is 0 Å². The third kappa shape index (κ3) is 4.35. The Morgan fingerprint density at radius 2 is 1.96 bits per heavy atom. The minimum Gasteiger partial charge on any atom is -0.497 e. The number of amides is 1. The summed E-state index contributed by atoms with van der Waals surface area (Å²) in [6, 6.07) is 14.5. The van der Waals surface area contributed by atoms with E-state index in [9.17, 15) is 13.2 Å². The Balaban J connectivity index is 1.56. The van der Waals surface area contributed by atoms with Crippen LogP contribution in [0.25, 0.3) is 0 Å². The van der Waals surface area contributed by atoms with Crippen molar-refractivity contribution in [3.8, 4) is 5.75 Å². The van der Waals surface area contributed by atoms with Crippen LogP contribution in [0.15, 0.2) is 48.5 Å². The number of aryl methyl sites for hydroxylation is 1. The largest absolute Gasteiger partial charge is 0.497 e. The summed E-state index contributed by atoms with van der Waals surface area (Å²) in [5, 5.41) is 2.84. The molecule has 6 nitrogen and oxygen atoms in total. The van der Waals surface area contributed by atoms with Crippen LogP contribution in [0.5, 0.6) is 5.75 Å². The number of hydrogen-bond donors (Lipinski definition) is 1. The first-order valence-corrected chi connectivity index (χ1v) is 10.1. The summed E-state index contributed by atoms with van der Waals surface area (Å²) in [6.45, 7) is 0.509. The van der Waals surface area contributed by atoms with Crippen LogP contribution in [0.3, 0.4) is 0 Å². The van der Waals surface area contributed by atoms with Crippen LogP contribution in [0.2, 0.25) is 0 Å². The normalized spacial score (nSPS) is 15.7. The number of sulfonamides is 1. The number of hydrogen-bond acceptors (Lipinski definition) is 4. The lowest BCUT2D eigenvalue weighted by Crippen LogP contribution is -2.25. The van der Waals surface area contributed by atoms with Gasteiger partial charge in [-0.2, -0.15) is 0 Å². The van der Waals surface area contributed by atoms with Crippen molar-refractivity contribution in [3.05, 3.63) is 54.1 Å². The van der Waals surface area contributed by atoms with E-state index in [1.54, 1.807) is 31.4 Å². The number of carbonyl (C=O) groups is 1. The second-order valence-corrected chi connectivity index (χ2v) is 8.20. The number of benzene rings is 2. The molecule has 0 atom stereocenters. The fourth-order valence-corrected chi connectivity index (χ4v) is 4.51. The molecule has 1 N–H and O–H groups in total. The van der Waals surface area contributed by atoms with Crippen LogP contribution in [0.4, 0.5) is 11.4 Å². The highest BCUT2D eigenvalue weighted by molar-refractivity contribution is 7.93. The zero-order chi connectivity index (χ0) is 18.6. The molecule has 0 aliphatic carbocycles. The predicted octanol–water partition coefficient (Wildman–Crippen LogP) is 2.81. The summed E-state index contributed by atoms with van der Waals surface area (Å²) in [7, 11) is -1.57. The van der Waals surface area contributed by atoms with Gasteiger partial charge < -0.3 is 10.1 Å². The second kappa shape index (κ2) is 7.78. The van der Waals surface area contributed by atoms with E-state index in [0.717, 1.165) is 11.3 Å². The minimum absolute atomic E-state index is 0.0886. The highest BCUT2D eigenvalue weighted by Crippen LogP contribution is 2.25. The summed E-state index contributed by atoms with van der Waals surface area (Å²) >= 11 is 0. The van der Waals surface area contributed by atoms with Gasteiger partial charge in [-0.3, -0.25) is 9.10 Å². The van der Waals surface area contributed by atoms with Gasteiger partial charge in [-0.25, -0.2) is 8.42 Å². The van der Waals surface area contributed by atoms with E-state index in [4.69, 9.17) is 4.74 Å². The van der Waals surface area contributed by atoms with Gasteiger partial charge in [-0.05, 0) is 54.8 Å². The number of nitrogens with zero attached hydrogens (tertiary/aromatic N) is 1. The van der Waals surface area contributed by atoms with Crippen molar-refractivity contribution < 1.29 is 17.9 Å².